The number of amides is 1. The fourth-order valence-electron chi connectivity index (χ4n) is 2.21. The molecule has 6 heteroatoms. The van der Waals surface area contributed by atoms with Crippen LogP contribution in [0.15, 0.2) is 18.2 Å². The van der Waals surface area contributed by atoms with Gasteiger partial charge < -0.3 is 10.2 Å². The zero-order chi connectivity index (χ0) is 13.1. The lowest BCUT2D eigenvalue weighted by Crippen LogP contribution is -2.46. The van der Waals surface area contributed by atoms with Crippen LogP contribution in [0.2, 0.25) is 0 Å². The van der Waals surface area contributed by atoms with Gasteiger partial charge >= 0.3 is 0 Å². The predicted molar refractivity (Wildman–Crippen MR) is 84.4 cm³/mol. The minimum absolute atomic E-state index is 0. The summed E-state index contributed by atoms with van der Waals surface area (Å²) in [6, 6.07) is 5.00. The maximum atomic E-state index is 13.5. The van der Waals surface area contributed by atoms with Gasteiger partial charge in [0.2, 0.25) is 0 Å². The Kier molecular flexibility index (Phi) is 6.49. The van der Waals surface area contributed by atoms with Crippen molar-refractivity contribution >= 4 is 40.9 Å². The molecule has 0 saturated carbocycles. The Morgan fingerprint density at radius 2 is 2.26 bits per heavy atom. The molecule has 1 unspecified atom stereocenters. The third-order valence-corrected chi connectivity index (χ3v) is 4.16. The van der Waals surface area contributed by atoms with Crippen molar-refractivity contribution < 1.29 is 9.18 Å². The van der Waals surface area contributed by atoms with Crippen molar-refractivity contribution in [2.45, 2.75) is 18.9 Å². The third-order valence-electron chi connectivity index (χ3n) is 3.28. The molecule has 1 aliphatic heterocycles. The van der Waals surface area contributed by atoms with Crippen molar-refractivity contribution in [3.8, 4) is 0 Å². The molecule has 1 N–H and O–H groups in total. The maximum absolute atomic E-state index is 13.5. The fraction of sp³-hybridized carbons (Fsp3) is 0.462. The number of rotatable bonds is 2. The molecule has 2 rings (SSSR count). The number of nitrogens with zero attached hydrogens (tertiary/aromatic N) is 1. The molecule has 0 radical (unpaired) electrons. The lowest BCUT2D eigenvalue weighted by molar-refractivity contribution is 0.0697. The van der Waals surface area contributed by atoms with Gasteiger partial charge in [0.1, 0.15) is 5.82 Å². The Hall–Kier alpha value is -0.400. The summed E-state index contributed by atoms with van der Waals surface area (Å²) in [6.45, 7) is 1.45. The van der Waals surface area contributed by atoms with E-state index in [1.54, 1.807) is 17.0 Å². The van der Waals surface area contributed by atoms with E-state index in [2.05, 4.69) is 5.32 Å². The minimum Gasteiger partial charge on any atom is -0.337 e. The molecular formula is C13H17ClFIN2O. The quantitative estimate of drug-likeness (QED) is 0.777. The SMILES string of the molecule is CNC1CCCN(C(=O)c2ccc(I)c(F)c2)C1.Cl. The molecule has 0 spiro atoms. The van der Waals surface area contributed by atoms with Crippen LogP contribution in [0.5, 0.6) is 0 Å². The molecule has 1 aromatic carbocycles. The number of halogens is 3. The van der Waals surface area contributed by atoms with Gasteiger partial charge in [0.15, 0.2) is 0 Å². The highest BCUT2D eigenvalue weighted by Crippen LogP contribution is 2.17. The normalized spacial score (nSPS) is 18.9. The Labute approximate surface area is 132 Å². The topological polar surface area (TPSA) is 32.3 Å². The summed E-state index contributed by atoms with van der Waals surface area (Å²) in [4.78, 5) is 14.1. The van der Waals surface area contributed by atoms with Gasteiger partial charge in [-0.25, -0.2) is 4.39 Å². The zero-order valence-electron chi connectivity index (χ0n) is 10.7. The summed E-state index contributed by atoms with van der Waals surface area (Å²) in [6.07, 6.45) is 2.07. The van der Waals surface area contributed by atoms with Gasteiger partial charge in [-0.2, -0.15) is 0 Å². The Morgan fingerprint density at radius 1 is 1.53 bits per heavy atom. The van der Waals surface area contributed by atoms with Crippen LogP contribution in [0.3, 0.4) is 0 Å². The Morgan fingerprint density at radius 3 is 2.89 bits per heavy atom. The molecule has 3 nitrogen and oxygen atoms in total. The summed E-state index contributed by atoms with van der Waals surface area (Å²) < 4.78 is 14.0. The summed E-state index contributed by atoms with van der Waals surface area (Å²) in [5, 5.41) is 3.19. The van der Waals surface area contributed by atoms with E-state index in [0.29, 0.717) is 21.7 Å². The van der Waals surface area contributed by atoms with E-state index >= 15 is 0 Å². The van der Waals surface area contributed by atoms with Crippen LogP contribution in [0.25, 0.3) is 0 Å². The maximum Gasteiger partial charge on any atom is 0.254 e. The molecule has 1 amide bonds. The molecule has 1 aliphatic rings. The van der Waals surface area contributed by atoms with E-state index in [1.165, 1.54) is 6.07 Å². The number of carbonyl (C=O) groups is 1. The smallest absolute Gasteiger partial charge is 0.254 e. The number of nitrogens with one attached hydrogen (secondary N) is 1. The van der Waals surface area contributed by atoms with Gasteiger partial charge in [-0.1, -0.05) is 0 Å². The number of carbonyl (C=O) groups excluding carboxylic acids is 1. The first-order valence-electron chi connectivity index (χ1n) is 6.03. The van der Waals surface area contributed by atoms with Crippen molar-refractivity contribution in [2.24, 2.45) is 0 Å². The van der Waals surface area contributed by atoms with Crippen molar-refractivity contribution in [1.82, 2.24) is 10.2 Å². The number of hydrogen-bond donors (Lipinski definition) is 1. The number of likely N-dealkylation sites (tertiary alicyclic amines) is 1. The Balaban J connectivity index is 0.00000180. The monoisotopic (exact) mass is 398 g/mol. The summed E-state index contributed by atoms with van der Waals surface area (Å²) in [5.74, 6) is -0.408. The van der Waals surface area contributed by atoms with Gasteiger partial charge in [0, 0.05) is 28.3 Å². The molecule has 0 aromatic heterocycles. The van der Waals surface area contributed by atoms with Crippen LogP contribution in [0.1, 0.15) is 23.2 Å². The van der Waals surface area contributed by atoms with Gasteiger partial charge in [-0.05, 0) is 60.7 Å². The largest absolute Gasteiger partial charge is 0.337 e. The highest BCUT2D eigenvalue weighted by atomic mass is 127. The number of likely N-dealkylation sites (N-methyl/N-ethyl adjacent to an activating group) is 1. The molecule has 106 valence electrons. The summed E-state index contributed by atoms with van der Waals surface area (Å²) in [7, 11) is 1.91. The molecule has 1 aromatic rings. The lowest BCUT2D eigenvalue weighted by atomic mass is 10.0. The fourth-order valence-corrected chi connectivity index (χ4v) is 2.54. The first-order valence-corrected chi connectivity index (χ1v) is 7.11. The van der Waals surface area contributed by atoms with Crippen LogP contribution in [0.4, 0.5) is 4.39 Å². The highest BCUT2D eigenvalue weighted by molar-refractivity contribution is 14.1. The molecule has 1 atom stereocenters. The van der Waals surface area contributed by atoms with Gasteiger partial charge in [-0.15, -0.1) is 12.4 Å². The van der Waals surface area contributed by atoms with Crippen LogP contribution in [0, 0.1) is 9.39 Å². The third kappa shape index (κ3) is 4.03. The van der Waals surface area contributed by atoms with E-state index in [1.807, 2.05) is 29.6 Å². The molecule has 1 fully saturated rings. The summed E-state index contributed by atoms with van der Waals surface area (Å²) >= 11 is 1.92. The second-order valence-electron chi connectivity index (χ2n) is 4.51. The number of hydrogen-bond acceptors (Lipinski definition) is 2. The van der Waals surface area contributed by atoms with Crippen molar-refractivity contribution in [3.05, 3.63) is 33.1 Å². The van der Waals surface area contributed by atoms with Crippen LogP contribution >= 0.6 is 35.0 Å². The highest BCUT2D eigenvalue weighted by Gasteiger charge is 2.23. The number of piperidine rings is 1. The van der Waals surface area contributed by atoms with Crippen molar-refractivity contribution in [1.29, 1.82) is 0 Å². The van der Waals surface area contributed by atoms with Gasteiger partial charge in [-0.3, -0.25) is 4.79 Å². The average Bonchev–Trinajstić information content (AvgIpc) is 2.41. The summed E-state index contributed by atoms with van der Waals surface area (Å²) in [5.41, 5.74) is 0.435. The Bertz CT molecular complexity index is 458. The van der Waals surface area contributed by atoms with E-state index < -0.39 is 0 Å². The zero-order valence-corrected chi connectivity index (χ0v) is 13.6. The van der Waals surface area contributed by atoms with E-state index in [0.717, 1.165) is 19.4 Å². The molecule has 1 heterocycles. The minimum atomic E-state index is -0.330. The van der Waals surface area contributed by atoms with E-state index in [4.69, 9.17) is 0 Å². The number of benzene rings is 1. The van der Waals surface area contributed by atoms with Crippen LogP contribution < -0.4 is 5.32 Å². The van der Waals surface area contributed by atoms with Gasteiger partial charge in [0.25, 0.3) is 5.91 Å². The van der Waals surface area contributed by atoms with E-state index in [-0.39, 0.29) is 24.1 Å². The molecule has 0 bridgehead atoms. The van der Waals surface area contributed by atoms with Crippen molar-refractivity contribution in [3.63, 3.8) is 0 Å². The first-order chi connectivity index (χ1) is 8.61. The molecule has 0 aliphatic carbocycles. The first kappa shape index (κ1) is 16.7. The second-order valence-corrected chi connectivity index (χ2v) is 5.67. The standard InChI is InChI=1S/C13H16FIN2O.ClH/c1-16-10-3-2-6-17(8-10)13(18)9-4-5-12(15)11(14)7-9;/h4-5,7,10,16H,2-3,6,8H2,1H3;1H. The predicted octanol–water partition coefficient (Wildman–Crippen LogP) is 2.68. The van der Waals surface area contributed by atoms with Crippen molar-refractivity contribution in [2.75, 3.05) is 20.1 Å². The average molecular weight is 399 g/mol. The molecular weight excluding hydrogens is 382 g/mol. The van der Waals surface area contributed by atoms with Crippen LogP contribution in [-0.4, -0.2) is 37.0 Å². The van der Waals surface area contributed by atoms with Gasteiger partial charge in [0.05, 0.1) is 0 Å². The lowest BCUT2D eigenvalue weighted by Gasteiger charge is -2.32. The molecule has 19 heavy (non-hydrogen) atoms. The second kappa shape index (κ2) is 7.40. The van der Waals surface area contributed by atoms with Crippen LogP contribution in [-0.2, 0) is 0 Å². The van der Waals surface area contributed by atoms with E-state index in [9.17, 15) is 9.18 Å². The molecule has 1 saturated heterocycles.